The van der Waals surface area contributed by atoms with Gasteiger partial charge in [0.05, 0.1) is 57.0 Å². The first-order valence-electron chi connectivity index (χ1n) is 43.4. The molecule has 0 bridgehead atoms. The summed E-state index contributed by atoms with van der Waals surface area (Å²) >= 11 is 6.98. The minimum absolute atomic E-state index is 0.155. The molecule has 0 spiro atoms. The Morgan fingerprint density at radius 2 is 0.673 bits per heavy atom. The molecule has 9 rings (SSSR count). The van der Waals surface area contributed by atoms with Crippen LogP contribution in [-0.2, 0) is 9.59 Å². The van der Waals surface area contributed by atoms with Crippen LogP contribution in [0, 0.1) is 65.2 Å². The molecule has 2 amide bonds. The highest BCUT2D eigenvalue weighted by Gasteiger charge is 2.27. The number of oxazole rings is 2. The minimum Gasteiger partial charge on any atom is -0.445 e. The fourth-order valence-electron chi connectivity index (χ4n) is 12.7. The van der Waals surface area contributed by atoms with Gasteiger partial charge in [-0.15, -0.1) is 22.7 Å². The molecule has 3 N–H and O–H groups in total. The maximum absolute atomic E-state index is 11.1. The van der Waals surface area contributed by atoms with E-state index >= 15 is 0 Å². The van der Waals surface area contributed by atoms with Crippen molar-refractivity contribution in [3.05, 3.63) is 144 Å². The van der Waals surface area contributed by atoms with Gasteiger partial charge in [0.1, 0.15) is 11.5 Å². The number of hydrogen-bond donors (Lipinski definition) is 3. The van der Waals surface area contributed by atoms with Crippen molar-refractivity contribution >= 4 is 57.6 Å². The first-order valence-corrected chi connectivity index (χ1v) is 46.5. The molecular weight excluding hydrogens is 1470 g/mol. The second kappa shape index (κ2) is 56.1. The van der Waals surface area contributed by atoms with Crippen LogP contribution < -0.4 is 10.6 Å². The fraction of sp³-hybridized carbons (Fsp3) is 0.708. The molecule has 0 saturated carbocycles. The van der Waals surface area contributed by atoms with Crippen molar-refractivity contribution in [1.82, 2.24) is 44.3 Å². The second-order valence-corrected chi connectivity index (χ2v) is 38.7. The van der Waals surface area contributed by atoms with Crippen molar-refractivity contribution in [2.24, 2.45) is 23.7 Å². The zero-order valence-corrected chi connectivity index (χ0v) is 84.7. The van der Waals surface area contributed by atoms with Gasteiger partial charge in [-0.2, -0.15) is 8.75 Å². The van der Waals surface area contributed by atoms with Gasteiger partial charge in [-0.25, -0.2) is 19.9 Å². The normalized spacial score (nSPS) is 12.5. The summed E-state index contributed by atoms with van der Waals surface area (Å²) in [6, 6.07) is 2.18. The number of H-pyrrole nitrogens is 1. The topological polar surface area (TPSA) is 178 Å². The van der Waals surface area contributed by atoms with E-state index in [4.69, 9.17) is 8.83 Å². The molecule has 13 nitrogen and oxygen atoms in total. The summed E-state index contributed by atoms with van der Waals surface area (Å²) in [7, 11) is 0. The number of carbonyl (C=O) groups excluding carboxylic acids is 2. The van der Waals surface area contributed by atoms with Crippen molar-refractivity contribution in [1.29, 1.82) is 0 Å². The summed E-state index contributed by atoms with van der Waals surface area (Å²) in [5, 5.41) is 8.24. The number of aromatic amines is 1. The van der Waals surface area contributed by atoms with Crippen LogP contribution in [-0.4, -0.2) is 45.5 Å². The van der Waals surface area contributed by atoms with E-state index in [0.29, 0.717) is 119 Å². The molecule has 17 heteroatoms. The van der Waals surface area contributed by atoms with Crippen molar-refractivity contribution in [2.75, 3.05) is 0 Å². The van der Waals surface area contributed by atoms with Crippen LogP contribution in [0.3, 0.4) is 0 Å². The highest BCUT2D eigenvalue weighted by molar-refractivity contribution is 7.12. The third-order valence-electron chi connectivity index (χ3n) is 18.0. The SMILES string of the molecule is CC.CC.CC.CC(C)C1=C(C(C)C)NC(=O)C1.CC(C)C1=C(C(C)C)NC(=O)C1.CC(C)c1cc[nH]c1C(C)C.Cc1nc(C(C)C)c(C(C)C)o1.Cc1nc(C(C)C)c(C(C)C)o1.Cc1nc(C(C)C)c(C(C)C)s1.Cc1nc(C(C)C)c(C(C)C)s1.Cc1nsc(C(C)C)c1C(C)C.Cc1snc(C(C)C)c1C(C)C. The van der Waals surface area contributed by atoms with Gasteiger partial charge in [-0.05, 0) is 179 Å². The lowest BCUT2D eigenvalue weighted by Gasteiger charge is -2.12. The molecule has 0 radical (unpaired) electrons. The Balaban J connectivity index is -0.00000119. The standard InChI is InChI=1S/4C10H17NO.4C10H17NS.C10H17N.3C2H6/c2*1-6(2)9-10(7(3)4)12-8(5)11-9;2*1-6(2)8-5-9(12)11-10(8)7(3)4;2*1-6(2)9-10(7(3)4)12-8(5)11-9;1-6(2)9-8(5)12-11-10(9)7(3)4;1-6(2)9-8(5)11-12-10(9)7(3)4;1-7(2)9-5-6-11-10(9)8(3)4;3*1-2/h2*6-7H,1-5H3;2*6-7H,5H2,1-4H3,(H,11,12);4*6-7H,1-5H3;5-8,11H,1-4H3;3*1-2H3. The summed E-state index contributed by atoms with van der Waals surface area (Å²) in [5.41, 5.74) is 18.0. The van der Waals surface area contributed by atoms with Crippen LogP contribution in [0.2, 0.25) is 0 Å². The average Bonchev–Trinajstić information content (AvgIpc) is 1.73. The molecule has 2 aliphatic heterocycles. The van der Waals surface area contributed by atoms with Crippen molar-refractivity contribution in [3.63, 3.8) is 0 Å². The molecular formula is C96H171N9O4S4. The zero-order valence-electron chi connectivity index (χ0n) is 81.4. The van der Waals surface area contributed by atoms with Crippen LogP contribution in [0.15, 0.2) is 43.6 Å². The summed E-state index contributed by atoms with van der Waals surface area (Å²) in [5.74, 6) is 13.6. The largest absolute Gasteiger partial charge is 0.445 e. The number of aromatic nitrogens is 7. The van der Waals surface area contributed by atoms with Gasteiger partial charge < -0.3 is 24.5 Å². The molecule has 9 heterocycles. The third kappa shape index (κ3) is 38.3. The van der Waals surface area contributed by atoms with Crippen LogP contribution in [0.25, 0.3) is 0 Å². The van der Waals surface area contributed by atoms with E-state index in [1.54, 1.807) is 23.1 Å². The molecule has 0 saturated heterocycles. The Kier molecular flexibility index (Phi) is 55.5. The Bertz CT molecular complexity index is 3270. The van der Waals surface area contributed by atoms with E-state index in [1.165, 1.54) is 85.8 Å². The predicted molar refractivity (Wildman–Crippen MR) is 501 cm³/mol. The Hall–Kier alpha value is -5.36. The number of aryl methyl sites for hydroxylation is 6. The summed E-state index contributed by atoms with van der Waals surface area (Å²) in [4.78, 5) is 49.1. The van der Waals surface area contributed by atoms with Gasteiger partial charge >= 0.3 is 0 Å². The van der Waals surface area contributed by atoms with Crippen molar-refractivity contribution in [3.8, 4) is 0 Å². The molecule has 0 atom stereocenters. The first-order chi connectivity index (χ1) is 52.3. The predicted octanol–water partition coefficient (Wildman–Crippen LogP) is 31.7. The van der Waals surface area contributed by atoms with E-state index in [-0.39, 0.29) is 11.8 Å². The molecule has 113 heavy (non-hydrogen) atoms. The molecule has 2 aliphatic rings. The van der Waals surface area contributed by atoms with Crippen LogP contribution in [0.1, 0.15) is 496 Å². The number of nitrogens with one attached hydrogen (secondary N) is 3. The van der Waals surface area contributed by atoms with Crippen molar-refractivity contribution < 1.29 is 18.4 Å². The third-order valence-corrected chi connectivity index (χ3v) is 22.6. The van der Waals surface area contributed by atoms with E-state index in [0.717, 1.165) is 46.1 Å². The number of amides is 2. The van der Waals surface area contributed by atoms with Crippen molar-refractivity contribution in [2.45, 2.75) is 428 Å². The lowest BCUT2D eigenvalue weighted by Crippen LogP contribution is -2.18. The first kappa shape index (κ1) is 112. The molecule has 648 valence electrons. The number of nitrogens with zero attached hydrogens (tertiary/aromatic N) is 6. The van der Waals surface area contributed by atoms with Crippen LogP contribution in [0.5, 0.6) is 0 Å². The Labute approximate surface area is 711 Å². The summed E-state index contributed by atoms with van der Waals surface area (Å²) in [6.45, 7) is 103. The van der Waals surface area contributed by atoms with Gasteiger partial charge in [0.25, 0.3) is 0 Å². The highest BCUT2D eigenvalue weighted by Crippen LogP contribution is 2.36. The van der Waals surface area contributed by atoms with Gasteiger partial charge in [0.2, 0.25) is 11.8 Å². The number of rotatable bonds is 18. The van der Waals surface area contributed by atoms with Crippen LogP contribution in [0.4, 0.5) is 0 Å². The molecule has 7 aromatic heterocycles. The quantitative estimate of drug-likeness (QED) is 0.0749. The molecule has 0 fully saturated rings. The van der Waals surface area contributed by atoms with E-state index in [9.17, 15) is 9.59 Å². The Morgan fingerprint density at radius 1 is 0.336 bits per heavy atom. The van der Waals surface area contributed by atoms with Crippen LogP contribution >= 0.6 is 45.7 Å². The smallest absolute Gasteiger partial charge is 0.228 e. The number of carbonyl (C=O) groups is 2. The molecule has 0 unspecified atom stereocenters. The van der Waals surface area contributed by atoms with Gasteiger partial charge in [-0.3, -0.25) is 9.59 Å². The second-order valence-electron chi connectivity index (χ2n) is 34.5. The number of hydrogen-bond acceptors (Lipinski definition) is 14. The van der Waals surface area contributed by atoms with Gasteiger partial charge in [0, 0.05) is 68.5 Å². The monoisotopic (exact) mass is 1640 g/mol. The van der Waals surface area contributed by atoms with E-state index < -0.39 is 0 Å². The lowest BCUT2D eigenvalue weighted by atomic mass is 9.96. The van der Waals surface area contributed by atoms with E-state index in [1.807, 2.05) is 84.3 Å². The molecule has 0 aliphatic carbocycles. The average molecular weight is 1640 g/mol. The Morgan fingerprint density at radius 3 is 0.885 bits per heavy atom. The van der Waals surface area contributed by atoms with E-state index in [2.05, 4.69) is 327 Å². The van der Waals surface area contributed by atoms with Gasteiger partial charge in [0.15, 0.2) is 11.8 Å². The van der Waals surface area contributed by atoms with Gasteiger partial charge in [-0.1, -0.05) is 291 Å². The zero-order chi connectivity index (χ0) is 88.8. The summed E-state index contributed by atoms with van der Waals surface area (Å²) in [6.07, 6.45) is 3.24. The maximum Gasteiger partial charge on any atom is 0.228 e. The highest BCUT2D eigenvalue weighted by atomic mass is 32.1. The number of allylic oxidation sites excluding steroid dienone is 2. The number of thiazole rings is 2. The summed E-state index contributed by atoms with van der Waals surface area (Å²) < 4.78 is 19.9. The lowest BCUT2D eigenvalue weighted by molar-refractivity contribution is -0.119. The maximum atomic E-state index is 11.1. The molecule has 0 aromatic carbocycles. The fourth-order valence-corrected chi connectivity index (χ4v) is 16.9. The minimum atomic E-state index is 0.155. The molecule has 7 aromatic rings.